The Labute approximate surface area is 121 Å². The van der Waals surface area contributed by atoms with Gasteiger partial charge in [-0.3, -0.25) is 20.8 Å². The van der Waals surface area contributed by atoms with Gasteiger partial charge in [-0.05, 0) is 30.9 Å². The van der Waals surface area contributed by atoms with Gasteiger partial charge in [0, 0.05) is 31.5 Å². The molecule has 0 aliphatic carbocycles. The van der Waals surface area contributed by atoms with E-state index in [-0.39, 0.29) is 11.3 Å². The number of hydrazine groups is 1. The Hall–Kier alpha value is -2.19. The van der Waals surface area contributed by atoms with Gasteiger partial charge < -0.3 is 15.5 Å². The van der Waals surface area contributed by atoms with E-state index in [9.17, 15) is 14.9 Å². The van der Waals surface area contributed by atoms with Gasteiger partial charge in [0.1, 0.15) is 5.56 Å². The molecule has 4 N–H and O–H groups in total. The summed E-state index contributed by atoms with van der Waals surface area (Å²) in [5.41, 5.74) is 2.58. The van der Waals surface area contributed by atoms with Crippen molar-refractivity contribution in [2.45, 2.75) is 12.8 Å². The van der Waals surface area contributed by atoms with Crippen LogP contribution in [0.3, 0.4) is 0 Å². The molecule has 114 valence electrons. The molecular weight excluding hydrogens is 276 g/mol. The molecule has 0 atom stereocenters. The molecule has 0 radical (unpaired) electrons. The molecule has 0 unspecified atom stereocenters. The molecular formula is C13H18N4O4. The van der Waals surface area contributed by atoms with Gasteiger partial charge in [0.25, 0.3) is 11.6 Å². The monoisotopic (exact) mass is 294 g/mol. The number of anilines is 1. The molecule has 0 saturated carbocycles. The zero-order valence-corrected chi connectivity index (χ0v) is 11.5. The van der Waals surface area contributed by atoms with Crippen molar-refractivity contribution in [3.63, 3.8) is 0 Å². The second-order valence-electron chi connectivity index (χ2n) is 4.90. The molecule has 1 aromatic rings. The van der Waals surface area contributed by atoms with Gasteiger partial charge in [0.15, 0.2) is 0 Å². The molecule has 21 heavy (non-hydrogen) atoms. The Morgan fingerprint density at radius 2 is 2.14 bits per heavy atom. The smallest absolute Gasteiger partial charge is 0.282 e. The average Bonchev–Trinajstić information content (AvgIpc) is 2.52. The van der Waals surface area contributed by atoms with Crippen molar-refractivity contribution >= 4 is 17.3 Å². The Morgan fingerprint density at radius 1 is 1.43 bits per heavy atom. The normalized spacial score (nSPS) is 15.5. The zero-order chi connectivity index (χ0) is 15.2. The fourth-order valence-corrected chi connectivity index (χ4v) is 2.25. The number of nitrogen functional groups attached to an aromatic ring is 1. The first-order valence-corrected chi connectivity index (χ1v) is 6.73. The molecule has 1 amide bonds. The van der Waals surface area contributed by atoms with E-state index in [1.54, 1.807) is 0 Å². The van der Waals surface area contributed by atoms with Crippen LogP contribution in [0.25, 0.3) is 0 Å². The van der Waals surface area contributed by atoms with E-state index >= 15 is 0 Å². The summed E-state index contributed by atoms with van der Waals surface area (Å²) in [5, 5.41) is 13.7. The standard InChI is InChI=1S/C13H18N4O4/c14-16-10-1-2-12(17(19)20)11(7-10)13(18)15-8-9-3-5-21-6-4-9/h1-2,7,9,16H,3-6,8,14H2,(H,15,18). The molecule has 0 spiro atoms. The lowest BCUT2D eigenvalue weighted by atomic mass is 10.0. The number of rotatable bonds is 5. The highest BCUT2D eigenvalue weighted by molar-refractivity contribution is 5.99. The summed E-state index contributed by atoms with van der Waals surface area (Å²) in [7, 11) is 0. The maximum atomic E-state index is 12.2. The number of hydrogen-bond acceptors (Lipinski definition) is 6. The van der Waals surface area contributed by atoms with Crippen LogP contribution < -0.4 is 16.6 Å². The first kappa shape index (κ1) is 15.2. The lowest BCUT2D eigenvalue weighted by Crippen LogP contribution is -2.32. The fraction of sp³-hybridized carbons (Fsp3) is 0.462. The molecule has 0 aromatic heterocycles. The molecule has 8 heteroatoms. The predicted molar refractivity (Wildman–Crippen MR) is 76.8 cm³/mol. The number of amides is 1. The van der Waals surface area contributed by atoms with E-state index in [0.29, 0.717) is 31.4 Å². The third-order valence-corrected chi connectivity index (χ3v) is 3.50. The number of hydrogen-bond donors (Lipinski definition) is 3. The fourth-order valence-electron chi connectivity index (χ4n) is 2.25. The number of nitro groups is 1. The van der Waals surface area contributed by atoms with Gasteiger partial charge in [-0.2, -0.15) is 0 Å². The van der Waals surface area contributed by atoms with Crippen molar-refractivity contribution in [2.24, 2.45) is 11.8 Å². The molecule has 0 bridgehead atoms. The third kappa shape index (κ3) is 3.89. The first-order valence-electron chi connectivity index (χ1n) is 6.73. The van der Waals surface area contributed by atoms with Gasteiger partial charge in [0.05, 0.1) is 4.92 Å². The van der Waals surface area contributed by atoms with E-state index in [1.807, 2.05) is 0 Å². The average molecular weight is 294 g/mol. The van der Waals surface area contributed by atoms with Crippen molar-refractivity contribution < 1.29 is 14.5 Å². The van der Waals surface area contributed by atoms with Crippen LogP contribution in [0.2, 0.25) is 0 Å². The van der Waals surface area contributed by atoms with Crippen LogP contribution in [-0.4, -0.2) is 30.6 Å². The van der Waals surface area contributed by atoms with Crippen molar-refractivity contribution in [3.05, 3.63) is 33.9 Å². The van der Waals surface area contributed by atoms with Gasteiger partial charge >= 0.3 is 0 Å². The summed E-state index contributed by atoms with van der Waals surface area (Å²) in [6, 6.07) is 4.09. The number of benzene rings is 1. The Kier molecular flexibility index (Phi) is 5.07. The summed E-state index contributed by atoms with van der Waals surface area (Å²) < 4.78 is 5.25. The van der Waals surface area contributed by atoms with E-state index in [4.69, 9.17) is 10.6 Å². The Bertz CT molecular complexity index is 529. The molecule has 2 rings (SSSR count). The SMILES string of the molecule is NNc1ccc([N+](=O)[O-])c(C(=O)NCC2CCOCC2)c1. The highest BCUT2D eigenvalue weighted by Crippen LogP contribution is 2.22. The van der Waals surface area contributed by atoms with Crippen molar-refractivity contribution in [1.82, 2.24) is 5.32 Å². The predicted octanol–water partition coefficient (Wildman–Crippen LogP) is 1.04. The van der Waals surface area contributed by atoms with Crippen LogP contribution in [0.5, 0.6) is 0 Å². The number of carbonyl (C=O) groups excluding carboxylic acids is 1. The van der Waals surface area contributed by atoms with E-state index in [2.05, 4.69) is 10.7 Å². The minimum absolute atomic E-state index is 0.00232. The molecule has 1 heterocycles. The maximum Gasteiger partial charge on any atom is 0.282 e. The number of nitrogens with zero attached hydrogens (tertiary/aromatic N) is 1. The van der Waals surface area contributed by atoms with Crippen LogP contribution in [0.15, 0.2) is 18.2 Å². The van der Waals surface area contributed by atoms with Crippen LogP contribution in [0.4, 0.5) is 11.4 Å². The molecule has 1 aromatic carbocycles. The lowest BCUT2D eigenvalue weighted by molar-refractivity contribution is -0.385. The second kappa shape index (κ2) is 7.00. The largest absolute Gasteiger partial charge is 0.381 e. The minimum Gasteiger partial charge on any atom is -0.381 e. The van der Waals surface area contributed by atoms with E-state index in [1.165, 1.54) is 18.2 Å². The number of carbonyl (C=O) groups is 1. The summed E-state index contributed by atoms with van der Waals surface area (Å²) in [4.78, 5) is 22.6. The van der Waals surface area contributed by atoms with Crippen molar-refractivity contribution in [1.29, 1.82) is 0 Å². The summed E-state index contributed by atoms with van der Waals surface area (Å²) in [6.07, 6.45) is 1.76. The summed E-state index contributed by atoms with van der Waals surface area (Å²) in [6.45, 7) is 1.86. The topological polar surface area (TPSA) is 120 Å². The molecule has 1 saturated heterocycles. The quantitative estimate of drug-likeness (QED) is 0.424. The van der Waals surface area contributed by atoms with Gasteiger partial charge in [-0.1, -0.05) is 0 Å². The lowest BCUT2D eigenvalue weighted by Gasteiger charge is -2.22. The summed E-state index contributed by atoms with van der Waals surface area (Å²) in [5.74, 6) is 5.15. The highest BCUT2D eigenvalue weighted by atomic mass is 16.6. The van der Waals surface area contributed by atoms with Crippen LogP contribution >= 0.6 is 0 Å². The van der Waals surface area contributed by atoms with E-state index in [0.717, 1.165) is 12.8 Å². The highest BCUT2D eigenvalue weighted by Gasteiger charge is 2.22. The second-order valence-corrected chi connectivity index (χ2v) is 4.90. The minimum atomic E-state index is -0.580. The van der Waals surface area contributed by atoms with Crippen LogP contribution in [-0.2, 0) is 4.74 Å². The Balaban J connectivity index is 2.07. The third-order valence-electron chi connectivity index (χ3n) is 3.50. The number of nitro benzene ring substituents is 1. The molecule has 1 aliphatic rings. The number of nitrogens with two attached hydrogens (primary N) is 1. The number of ether oxygens (including phenoxy) is 1. The zero-order valence-electron chi connectivity index (χ0n) is 11.5. The van der Waals surface area contributed by atoms with Crippen molar-refractivity contribution in [3.8, 4) is 0 Å². The van der Waals surface area contributed by atoms with Gasteiger partial charge in [-0.25, -0.2) is 0 Å². The summed E-state index contributed by atoms with van der Waals surface area (Å²) >= 11 is 0. The first-order chi connectivity index (χ1) is 10.1. The Morgan fingerprint density at radius 3 is 2.76 bits per heavy atom. The van der Waals surface area contributed by atoms with E-state index < -0.39 is 10.8 Å². The molecule has 1 aliphatic heterocycles. The van der Waals surface area contributed by atoms with Gasteiger partial charge in [-0.15, -0.1) is 0 Å². The molecule has 1 fully saturated rings. The molecule has 8 nitrogen and oxygen atoms in total. The maximum absolute atomic E-state index is 12.2. The van der Waals surface area contributed by atoms with Crippen molar-refractivity contribution in [2.75, 3.05) is 25.2 Å². The number of nitrogens with one attached hydrogen (secondary N) is 2. The van der Waals surface area contributed by atoms with Crippen LogP contribution in [0.1, 0.15) is 23.2 Å². The van der Waals surface area contributed by atoms with Crippen LogP contribution in [0, 0.1) is 16.0 Å². The van der Waals surface area contributed by atoms with Gasteiger partial charge in [0.2, 0.25) is 0 Å².